The molecule has 0 bridgehead atoms. The first kappa shape index (κ1) is 9.40. The molecule has 14 heavy (non-hydrogen) atoms. The van der Waals surface area contributed by atoms with E-state index in [0.29, 0.717) is 12.0 Å². The van der Waals surface area contributed by atoms with Crippen LogP contribution in [0, 0.1) is 5.92 Å². The Balaban J connectivity index is 1.97. The van der Waals surface area contributed by atoms with Crippen molar-refractivity contribution in [3.8, 4) is 0 Å². The molecule has 4 heteroatoms. The van der Waals surface area contributed by atoms with Crippen LogP contribution in [0.3, 0.4) is 0 Å². The Morgan fingerprint density at radius 1 is 1.36 bits per heavy atom. The maximum Gasteiger partial charge on any atom is 0.115 e. The molecule has 1 saturated carbocycles. The summed E-state index contributed by atoms with van der Waals surface area (Å²) in [6.07, 6.45) is 8.86. The van der Waals surface area contributed by atoms with Gasteiger partial charge in [-0.05, 0) is 25.3 Å². The van der Waals surface area contributed by atoms with Crippen LogP contribution in [0.1, 0.15) is 19.3 Å². The molecular weight excluding hydrogens is 176 g/mol. The monoisotopic (exact) mass is 192 g/mol. The highest BCUT2D eigenvalue weighted by molar-refractivity contribution is 5.38. The van der Waals surface area contributed by atoms with Crippen molar-refractivity contribution in [1.82, 2.24) is 9.97 Å². The van der Waals surface area contributed by atoms with Crippen molar-refractivity contribution in [3.05, 3.63) is 18.7 Å². The lowest BCUT2D eigenvalue weighted by Crippen LogP contribution is -2.29. The third kappa shape index (κ3) is 2.01. The Morgan fingerprint density at radius 3 is 2.86 bits per heavy atom. The molecule has 0 saturated heterocycles. The van der Waals surface area contributed by atoms with Gasteiger partial charge in [-0.2, -0.15) is 0 Å². The molecule has 1 heterocycles. The molecular formula is C10H16N4. The third-order valence-corrected chi connectivity index (χ3v) is 2.87. The first-order valence-electron chi connectivity index (χ1n) is 5.12. The zero-order chi connectivity index (χ0) is 9.80. The second-order valence-electron chi connectivity index (χ2n) is 3.80. The van der Waals surface area contributed by atoms with Crippen LogP contribution in [-0.4, -0.2) is 22.6 Å². The summed E-state index contributed by atoms with van der Waals surface area (Å²) in [5, 5.41) is 3.44. The van der Waals surface area contributed by atoms with Crippen LogP contribution in [0.4, 0.5) is 5.69 Å². The van der Waals surface area contributed by atoms with Gasteiger partial charge in [0.2, 0.25) is 0 Å². The fraction of sp³-hybridized carbons (Fsp3) is 0.600. The smallest absolute Gasteiger partial charge is 0.115 e. The van der Waals surface area contributed by atoms with Gasteiger partial charge in [0.25, 0.3) is 0 Å². The van der Waals surface area contributed by atoms with Gasteiger partial charge in [0, 0.05) is 6.04 Å². The van der Waals surface area contributed by atoms with Crippen LogP contribution >= 0.6 is 0 Å². The summed E-state index contributed by atoms with van der Waals surface area (Å²) in [7, 11) is 0. The quantitative estimate of drug-likeness (QED) is 0.750. The van der Waals surface area contributed by atoms with Gasteiger partial charge in [0.15, 0.2) is 0 Å². The highest BCUT2D eigenvalue weighted by atomic mass is 15.0. The van der Waals surface area contributed by atoms with Gasteiger partial charge in [-0.1, -0.05) is 6.42 Å². The second-order valence-corrected chi connectivity index (χ2v) is 3.80. The molecule has 1 aliphatic rings. The zero-order valence-corrected chi connectivity index (χ0v) is 8.19. The van der Waals surface area contributed by atoms with Crippen molar-refractivity contribution >= 4 is 5.69 Å². The molecule has 0 radical (unpaired) electrons. The Bertz CT molecular complexity index is 275. The van der Waals surface area contributed by atoms with Gasteiger partial charge in [-0.25, -0.2) is 9.97 Å². The third-order valence-electron chi connectivity index (χ3n) is 2.87. The molecule has 1 fully saturated rings. The molecule has 4 nitrogen and oxygen atoms in total. The van der Waals surface area contributed by atoms with E-state index in [1.54, 1.807) is 18.7 Å². The maximum absolute atomic E-state index is 5.71. The Kier molecular flexibility index (Phi) is 2.93. The van der Waals surface area contributed by atoms with E-state index < -0.39 is 0 Å². The van der Waals surface area contributed by atoms with Gasteiger partial charge in [-0.15, -0.1) is 0 Å². The van der Waals surface area contributed by atoms with Crippen molar-refractivity contribution in [2.75, 3.05) is 11.9 Å². The lowest BCUT2D eigenvalue weighted by atomic mass is 10.0. The van der Waals surface area contributed by atoms with E-state index in [1.165, 1.54) is 19.3 Å². The van der Waals surface area contributed by atoms with Gasteiger partial charge in [0.05, 0.1) is 18.1 Å². The number of hydrogen-bond donors (Lipinski definition) is 2. The number of nitrogens with zero attached hydrogens (tertiary/aromatic N) is 2. The number of aromatic nitrogens is 2. The van der Waals surface area contributed by atoms with Crippen LogP contribution in [0.2, 0.25) is 0 Å². The highest BCUT2D eigenvalue weighted by Gasteiger charge is 2.25. The van der Waals surface area contributed by atoms with Gasteiger partial charge in [-0.3, -0.25) is 0 Å². The van der Waals surface area contributed by atoms with E-state index in [1.807, 2.05) is 0 Å². The maximum atomic E-state index is 5.71. The molecule has 2 atom stereocenters. The number of anilines is 1. The normalized spacial score (nSPS) is 26.4. The van der Waals surface area contributed by atoms with Crippen LogP contribution < -0.4 is 11.1 Å². The standard InChI is InChI=1S/C10H16N4/c11-4-8-2-1-3-10(8)14-9-5-12-7-13-6-9/h5-8,10,14H,1-4,11H2. The minimum Gasteiger partial charge on any atom is -0.379 e. The lowest BCUT2D eigenvalue weighted by Gasteiger charge is -2.19. The summed E-state index contributed by atoms with van der Waals surface area (Å²) in [6.45, 7) is 0.769. The van der Waals surface area contributed by atoms with Crippen molar-refractivity contribution in [3.63, 3.8) is 0 Å². The van der Waals surface area contributed by atoms with Crippen molar-refractivity contribution in [1.29, 1.82) is 0 Å². The fourth-order valence-electron chi connectivity index (χ4n) is 2.10. The topological polar surface area (TPSA) is 63.8 Å². The van der Waals surface area contributed by atoms with Gasteiger partial charge >= 0.3 is 0 Å². The molecule has 76 valence electrons. The second kappa shape index (κ2) is 4.37. The van der Waals surface area contributed by atoms with Crippen LogP contribution in [0.25, 0.3) is 0 Å². The van der Waals surface area contributed by atoms with E-state index in [4.69, 9.17) is 5.73 Å². The molecule has 1 aromatic heterocycles. The Hall–Kier alpha value is -1.16. The molecule has 0 amide bonds. The highest BCUT2D eigenvalue weighted by Crippen LogP contribution is 2.27. The summed E-state index contributed by atoms with van der Waals surface area (Å²) in [5.74, 6) is 0.607. The fourth-order valence-corrected chi connectivity index (χ4v) is 2.10. The Labute approximate surface area is 83.9 Å². The number of nitrogens with two attached hydrogens (primary N) is 1. The lowest BCUT2D eigenvalue weighted by molar-refractivity contribution is 0.516. The predicted octanol–water partition coefficient (Wildman–Crippen LogP) is 1.02. The average Bonchev–Trinajstić information content (AvgIpc) is 2.67. The van der Waals surface area contributed by atoms with Crippen LogP contribution in [0.15, 0.2) is 18.7 Å². The molecule has 2 rings (SSSR count). The summed E-state index contributed by atoms with van der Waals surface area (Å²) in [6, 6.07) is 0.506. The van der Waals surface area contributed by atoms with E-state index >= 15 is 0 Å². The Morgan fingerprint density at radius 2 is 2.14 bits per heavy atom. The van der Waals surface area contributed by atoms with Crippen molar-refractivity contribution < 1.29 is 0 Å². The predicted molar refractivity (Wildman–Crippen MR) is 55.8 cm³/mol. The molecule has 3 N–H and O–H groups in total. The van der Waals surface area contributed by atoms with E-state index in [-0.39, 0.29) is 0 Å². The average molecular weight is 192 g/mol. The van der Waals surface area contributed by atoms with Crippen LogP contribution in [-0.2, 0) is 0 Å². The molecule has 0 spiro atoms. The number of rotatable bonds is 3. The largest absolute Gasteiger partial charge is 0.379 e. The van der Waals surface area contributed by atoms with Crippen molar-refractivity contribution in [2.24, 2.45) is 11.7 Å². The first-order chi connectivity index (χ1) is 6.90. The molecule has 0 aromatic carbocycles. The van der Waals surface area contributed by atoms with Gasteiger partial charge in [0.1, 0.15) is 6.33 Å². The summed E-state index contributed by atoms with van der Waals surface area (Å²) >= 11 is 0. The van der Waals surface area contributed by atoms with E-state index in [0.717, 1.165) is 12.2 Å². The number of hydrogen-bond acceptors (Lipinski definition) is 4. The molecule has 1 aliphatic carbocycles. The first-order valence-corrected chi connectivity index (χ1v) is 5.12. The van der Waals surface area contributed by atoms with Crippen LogP contribution in [0.5, 0.6) is 0 Å². The van der Waals surface area contributed by atoms with Crippen molar-refractivity contribution in [2.45, 2.75) is 25.3 Å². The summed E-state index contributed by atoms with van der Waals surface area (Å²) in [4.78, 5) is 7.95. The summed E-state index contributed by atoms with van der Waals surface area (Å²) < 4.78 is 0. The van der Waals surface area contributed by atoms with Gasteiger partial charge < -0.3 is 11.1 Å². The van der Waals surface area contributed by atoms with E-state index in [2.05, 4.69) is 15.3 Å². The minimum atomic E-state index is 0.506. The minimum absolute atomic E-state index is 0.506. The van der Waals surface area contributed by atoms with E-state index in [9.17, 15) is 0 Å². The SMILES string of the molecule is NCC1CCCC1Nc1cncnc1. The molecule has 2 unspecified atom stereocenters. The molecule has 0 aliphatic heterocycles. The number of nitrogens with one attached hydrogen (secondary N) is 1. The summed E-state index contributed by atoms with van der Waals surface area (Å²) in [5.41, 5.74) is 6.70. The zero-order valence-electron chi connectivity index (χ0n) is 8.19. The molecule has 1 aromatic rings.